The van der Waals surface area contributed by atoms with E-state index in [9.17, 15) is 5.11 Å². The quantitative estimate of drug-likeness (QED) is 0.920. The minimum atomic E-state index is 0.0801. The van der Waals surface area contributed by atoms with Crippen LogP contribution in [-0.2, 0) is 6.61 Å². The number of rotatable bonds is 5. The highest BCUT2D eigenvalue weighted by molar-refractivity contribution is 5.78. The van der Waals surface area contributed by atoms with Crippen LogP contribution in [0, 0.1) is 0 Å². The lowest BCUT2D eigenvalue weighted by atomic mass is 10.0. The number of benzene rings is 1. The number of aliphatic hydroxyl groups is 1. The Labute approximate surface area is 131 Å². The van der Waals surface area contributed by atoms with E-state index in [-0.39, 0.29) is 6.61 Å². The van der Waals surface area contributed by atoms with Crippen LogP contribution in [0.4, 0.5) is 0 Å². The first kappa shape index (κ1) is 14.9. The maximum Gasteiger partial charge on any atom is 0.0705 e. The molecule has 0 unspecified atom stereocenters. The summed E-state index contributed by atoms with van der Waals surface area (Å²) in [7, 11) is 0. The van der Waals surface area contributed by atoms with E-state index in [1.807, 2.05) is 30.5 Å². The molecule has 2 heterocycles. The topological polar surface area (TPSA) is 36.4 Å². The molecule has 2 aromatic rings. The summed E-state index contributed by atoms with van der Waals surface area (Å²) >= 11 is 0. The van der Waals surface area contributed by atoms with E-state index in [4.69, 9.17) is 0 Å². The first-order chi connectivity index (χ1) is 10.9. The number of hydrogen-bond acceptors (Lipinski definition) is 3. The molecule has 0 atom stereocenters. The molecule has 0 amide bonds. The lowest BCUT2D eigenvalue weighted by Gasteiger charge is -2.14. The summed E-state index contributed by atoms with van der Waals surface area (Å²) < 4.78 is 0. The van der Waals surface area contributed by atoms with Crippen LogP contribution < -0.4 is 0 Å². The number of nitrogens with zero attached hydrogens (tertiary/aromatic N) is 2. The monoisotopic (exact) mass is 294 g/mol. The molecule has 1 N–H and O–H groups in total. The van der Waals surface area contributed by atoms with Gasteiger partial charge >= 0.3 is 0 Å². The molecule has 3 nitrogen and oxygen atoms in total. The van der Waals surface area contributed by atoms with Gasteiger partial charge in [-0.1, -0.05) is 36.4 Å². The van der Waals surface area contributed by atoms with E-state index < -0.39 is 0 Å². The van der Waals surface area contributed by atoms with Crippen molar-refractivity contribution in [2.24, 2.45) is 0 Å². The smallest absolute Gasteiger partial charge is 0.0705 e. The van der Waals surface area contributed by atoms with E-state index in [1.54, 1.807) is 0 Å². The third kappa shape index (κ3) is 3.62. The molecule has 3 heteroatoms. The maximum absolute atomic E-state index is 9.20. The van der Waals surface area contributed by atoms with Gasteiger partial charge in [0.1, 0.15) is 0 Å². The molecule has 1 aromatic carbocycles. The van der Waals surface area contributed by atoms with Crippen molar-refractivity contribution in [2.75, 3.05) is 19.6 Å². The van der Waals surface area contributed by atoms with Crippen LogP contribution in [-0.4, -0.2) is 34.6 Å². The zero-order valence-electron chi connectivity index (χ0n) is 12.8. The zero-order valence-corrected chi connectivity index (χ0v) is 12.8. The van der Waals surface area contributed by atoms with Gasteiger partial charge in [0.15, 0.2) is 0 Å². The van der Waals surface area contributed by atoms with E-state index in [2.05, 4.69) is 34.2 Å². The Hall–Kier alpha value is -1.97. The van der Waals surface area contributed by atoms with Crippen molar-refractivity contribution in [2.45, 2.75) is 19.4 Å². The molecule has 1 aromatic heterocycles. The first-order valence-electron chi connectivity index (χ1n) is 7.91. The molecular formula is C19H22N2O. The van der Waals surface area contributed by atoms with Crippen molar-refractivity contribution in [1.29, 1.82) is 0 Å². The standard InChI is InChI=1S/C19H22N2O/c22-15-16-6-8-17(9-7-16)18(19-5-1-2-11-20-19)10-14-21-12-3-4-13-21/h1-2,5-11,22H,3-4,12-15H2/b18-10-. The molecule has 114 valence electrons. The lowest BCUT2D eigenvalue weighted by Crippen LogP contribution is -2.19. The van der Waals surface area contributed by atoms with E-state index in [0.29, 0.717) is 0 Å². The summed E-state index contributed by atoms with van der Waals surface area (Å²) in [6, 6.07) is 14.1. The van der Waals surface area contributed by atoms with Gasteiger partial charge in [-0.05, 0) is 49.2 Å². The first-order valence-corrected chi connectivity index (χ1v) is 7.91. The normalized spacial score (nSPS) is 16.1. The molecule has 0 bridgehead atoms. The second-order valence-corrected chi connectivity index (χ2v) is 5.70. The van der Waals surface area contributed by atoms with Gasteiger partial charge < -0.3 is 5.11 Å². The van der Waals surface area contributed by atoms with Gasteiger partial charge in [-0.3, -0.25) is 9.88 Å². The minimum absolute atomic E-state index is 0.0801. The number of aromatic nitrogens is 1. The highest BCUT2D eigenvalue weighted by atomic mass is 16.3. The molecule has 0 radical (unpaired) electrons. The van der Waals surface area contributed by atoms with Crippen LogP contribution in [0.15, 0.2) is 54.7 Å². The summed E-state index contributed by atoms with van der Waals surface area (Å²) in [6.45, 7) is 3.43. The van der Waals surface area contributed by atoms with Crippen LogP contribution in [0.3, 0.4) is 0 Å². The number of hydrogen-bond donors (Lipinski definition) is 1. The van der Waals surface area contributed by atoms with Gasteiger partial charge in [-0.15, -0.1) is 0 Å². The molecule has 0 aliphatic carbocycles. The van der Waals surface area contributed by atoms with Crippen LogP contribution in [0.5, 0.6) is 0 Å². The minimum Gasteiger partial charge on any atom is -0.392 e. The van der Waals surface area contributed by atoms with Crippen molar-refractivity contribution in [3.8, 4) is 0 Å². The van der Waals surface area contributed by atoms with Gasteiger partial charge in [0.05, 0.1) is 12.3 Å². The maximum atomic E-state index is 9.20. The summed E-state index contributed by atoms with van der Waals surface area (Å²) in [5, 5.41) is 9.20. The summed E-state index contributed by atoms with van der Waals surface area (Å²) in [4.78, 5) is 6.98. The van der Waals surface area contributed by atoms with E-state index in [0.717, 1.165) is 28.9 Å². The average Bonchev–Trinajstić information content (AvgIpc) is 3.10. The highest BCUT2D eigenvalue weighted by Crippen LogP contribution is 2.22. The molecule has 1 saturated heterocycles. The van der Waals surface area contributed by atoms with Crippen LogP contribution in [0.1, 0.15) is 29.7 Å². The largest absolute Gasteiger partial charge is 0.392 e. The van der Waals surface area contributed by atoms with Gasteiger partial charge in [-0.25, -0.2) is 0 Å². The van der Waals surface area contributed by atoms with Crippen LogP contribution in [0.2, 0.25) is 0 Å². The van der Waals surface area contributed by atoms with E-state index >= 15 is 0 Å². The van der Waals surface area contributed by atoms with Gasteiger partial charge in [0, 0.05) is 18.3 Å². The van der Waals surface area contributed by atoms with Gasteiger partial charge in [0.2, 0.25) is 0 Å². The Morgan fingerprint density at radius 1 is 1.09 bits per heavy atom. The molecule has 1 aliphatic rings. The second kappa shape index (κ2) is 7.34. The Morgan fingerprint density at radius 2 is 1.86 bits per heavy atom. The molecule has 1 aliphatic heterocycles. The molecule has 0 spiro atoms. The Balaban J connectivity index is 1.89. The number of pyridine rings is 1. The molecule has 1 fully saturated rings. The average molecular weight is 294 g/mol. The number of aliphatic hydroxyl groups excluding tert-OH is 1. The molecule has 3 rings (SSSR count). The predicted octanol–water partition coefficient (Wildman–Crippen LogP) is 3.10. The van der Waals surface area contributed by atoms with Gasteiger partial charge in [-0.2, -0.15) is 0 Å². The Kier molecular flexibility index (Phi) is 4.99. The predicted molar refractivity (Wildman–Crippen MR) is 89.4 cm³/mol. The van der Waals surface area contributed by atoms with Gasteiger partial charge in [0.25, 0.3) is 0 Å². The van der Waals surface area contributed by atoms with Crippen molar-refractivity contribution >= 4 is 5.57 Å². The fourth-order valence-corrected chi connectivity index (χ4v) is 2.87. The third-order valence-corrected chi connectivity index (χ3v) is 4.14. The zero-order chi connectivity index (χ0) is 15.2. The lowest BCUT2D eigenvalue weighted by molar-refractivity contribution is 0.282. The van der Waals surface area contributed by atoms with Crippen molar-refractivity contribution in [3.63, 3.8) is 0 Å². The van der Waals surface area contributed by atoms with Crippen LogP contribution >= 0.6 is 0 Å². The molecule has 0 saturated carbocycles. The number of likely N-dealkylation sites (tertiary alicyclic amines) is 1. The van der Waals surface area contributed by atoms with E-state index in [1.165, 1.54) is 25.9 Å². The van der Waals surface area contributed by atoms with Crippen molar-refractivity contribution < 1.29 is 5.11 Å². The van der Waals surface area contributed by atoms with Crippen molar-refractivity contribution in [1.82, 2.24) is 9.88 Å². The second-order valence-electron chi connectivity index (χ2n) is 5.70. The highest BCUT2D eigenvalue weighted by Gasteiger charge is 2.11. The summed E-state index contributed by atoms with van der Waals surface area (Å²) in [6.07, 6.45) is 6.72. The Bertz CT molecular complexity index is 614. The SMILES string of the molecule is OCc1ccc(/C(=C/CN2CCCC2)c2ccccn2)cc1. The molecular weight excluding hydrogens is 272 g/mol. The van der Waals surface area contributed by atoms with Crippen molar-refractivity contribution in [3.05, 3.63) is 71.6 Å². The Morgan fingerprint density at radius 3 is 2.50 bits per heavy atom. The van der Waals surface area contributed by atoms with Crippen LogP contribution in [0.25, 0.3) is 5.57 Å². The summed E-state index contributed by atoms with van der Waals surface area (Å²) in [5.41, 5.74) is 4.24. The summed E-state index contributed by atoms with van der Waals surface area (Å²) in [5.74, 6) is 0. The fourth-order valence-electron chi connectivity index (χ4n) is 2.87. The fraction of sp³-hybridized carbons (Fsp3) is 0.316. The third-order valence-electron chi connectivity index (χ3n) is 4.14. The molecule has 22 heavy (non-hydrogen) atoms.